The highest BCUT2D eigenvalue weighted by atomic mass is 16.2. The number of piperidine rings is 1. The Bertz CT molecular complexity index is 442. The SMILES string of the molecule is CCc1ccccc1N1CCCC(NC(C)C)C1=O. The summed E-state index contributed by atoms with van der Waals surface area (Å²) < 4.78 is 0. The van der Waals surface area contributed by atoms with E-state index < -0.39 is 0 Å². The molecule has 1 unspecified atom stereocenters. The van der Waals surface area contributed by atoms with Crippen molar-refractivity contribution < 1.29 is 4.79 Å². The number of benzene rings is 1. The zero-order valence-corrected chi connectivity index (χ0v) is 12.1. The van der Waals surface area contributed by atoms with Crippen molar-refractivity contribution in [2.24, 2.45) is 0 Å². The van der Waals surface area contributed by atoms with E-state index in [1.165, 1.54) is 5.56 Å². The molecule has 1 aliphatic rings. The van der Waals surface area contributed by atoms with Crippen LogP contribution >= 0.6 is 0 Å². The number of carbonyl (C=O) groups is 1. The van der Waals surface area contributed by atoms with Crippen molar-refractivity contribution in [1.29, 1.82) is 0 Å². The minimum Gasteiger partial charge on any atom is -0.311 e. The molecule has 0 aromatic heterocycles. The molecule has 0 bridgehead atoms. The van der Waals surface area contributed by atoms with Crippen molar-refractivity contribution in [3.05, 3.63) is 29.8 Å². The third-order valence-corrected chi connectivity index (χ3v) is 3.64. The second kappa shape index (κ2) is 6.20. The number of hydrogen-bond acceptors (Lipinski definition) is 2. The van der Waals surface area contributed by atoms with Crippen molar-refractivity contribution in [2.75, 3.05) is 11.4 Å². The van der Waals surface area contributed by atoms with Gasteiger partial charge in [-0.1, -0.05) is 39.0 Å². The van der Waals surface area contributed by atoms with Crippen molar-refractivity contribution in [1.82, 2.24) is 5.32 Å². The number of nitrogens with zero attached hydrogens (tertiary/aromatic N) is 1. The van der Waals surface area contributed by atoms with Crippen molar-refractivity contribution in [2.45, 2.75) is 52.1 Å². The molecule has 1 saturated heterocycles. The van der Waals surface area contributed by atoms with Gasteiger partial charge in [-0.05, 0) is 30.9 Å². The van der Waals surface area contributed by atoms with Gasteiger partial charge in [-0.3, -0.25) is 4.79 Å². The highest BCUT2D eigenvalue weighted by Gasteiger charge is 2.30. The lowest BCUT2D eigenvalue weighted by molar-refractivity contribution is -0.121. The van der Waals surface area contributed by atoms with Crippen LogP contribution in [0, 0.1) is 0 Å². The van der Waals surface area contributed by atoms with Crippen LogP contribution in [-0.2, 0) is 11.2 Å². The minimum atomic E-state index is -0.0290. The molecule has 0 spiro atoms. The molecule has 0 aliphatic carbocycles. The summed E-state index contributed by atoms with van der Waals surface area (Å²) in [5, 5.41) is 3.38. The molecule has 1 N–H and O–H groups in total. The largest absolute Gasteiger partial charge is 0.311 e. The van der Waals surface area contributed by atoms with Crippen molar-refractivity contribution in [3.8, 4) is 0 Å². The third kappa shape index (κ3) is 3.16. The van der Waals surface area contributed by atoms with E-state index in [4.69, 9.17) is 0 Å². The number of nitrogens with one attached hydrogen (secondary N) is 1. The van der Waals surface area contributed by atoms with Crippen LogP contribution < -0.4 is 10.2 Å². The summed E-state index contributed by atoms with van der Waals surface area (Å²) in [5.41, 5.74) is 2.34. The molecule has 0 saturated carbocycles. The predicted octanol–water partition coefficient (Wildman–Crippen LogP) is 2.74. The fraction of sp³-hybridized carbons (Fsp3) is 0.562. The van der Waals surface area contributed by atoms with E-state index in [9.17, 15) is 4.79 Å². The Morgan fingerprint density at radius 3 is 2.79 bits per heavy atom. The monoisotopic (exact) mass is 260 g/mol. The summed E-state index contributed by atoms with van der Waals surface area (Å²) in [7, 11) is 0. The second-order valence-corrected chi connectivity index (χ2v) is 5.49. The standard InChI is InChI=1S/C16H24N2O/c1-4-13-8-5-6-10-15(13)18-11-7-9-14(16(18)19)17-12(2)3/h5-6,8,10,12,14,17H,4,7,9,11H2,1-3H3. The van der Waals surface area contributed by atoms with E-state index in [1.807, 2.05) is 17.0 Å². The Kier molecular flexibility index (Phi) is 4.59. The maximum absolute atomic E-state index is 12.6. The number of aryl methyl sites for hydroxylation is 1. The molecular formula is C16H24N2O. The highest BCUT2D eigenvalue weighted by molar-refractivity contribution is 5.98. The van der Waals surface area contributed by atoms with E-state index in [1.54, 1.807) is 0 Å². The fourth-order valence-electron chi connectivity index (χ4n) is 2.74. The number of hydrogen-bond donors (Lipinski definition) is 1. The Morgan fingerprint density at radius 2 is 2.11 bits per heavy atom. The normalized spacial score (nSPS) is 20.1. The summed E-state index contributed by atoms with van der Waals surface area (Å²) in [4.78, 5) is 14.6. The van der Waals surface area contributed by atoms with Gasteiger partial charge in [-0.15, -0.1) is 0 Å². The molecule has 3 heteroatoms. The lowest BCUT2D eigenvalue weighted by atomic mass is 10.0. The Balaban J connectivity index is 2.21. The molecule has 1 atom stereocenters. The molecule has 1 aromatic carbocycles. The van der Waals surface area contributed by atoms with Gasteiger partial charge in [0.1, 0.15) is 0 Å². The molecule has 1 fully saturated rings. The maximum atomic E-state index is 12.6. The first-order valence-corrected chi connectivity index (χ1v) is 7.28. The van der Waals surface area contributed by atoms with Crippen LogP contribution in [0.1, 0.15) is 39.2 Å². The quantitative estimate of drug-likeness (QED) is 0.903. The van der Waals surface area contributed by atoms with Gasteiger partial charge in [0.15, 0.2) is 0 Å². The first-order chi connectivity index (χ1) is 9.13. The average Bonchev–Trinajstić information content (AvgIpc) is 2.41. The van der Waals surface area contributed by atoms with Crippen LogP contribution in [0.4, 0.5) is 5.69 Å². The van der Waals surface area contributed by atoms with Gasteiger partial charge in [-0.25, -0.2) is 0 Å². The number of para-hydroxylation sites is 1. The van der Waals surface area contributed by atoms with Gasteiger partial charge in [0, 0.05) is 18.3 Å². The molecule has 2 rings (SSSR count). The number of anilines is 1. The third-order valence-electron chi connectivity index (χ3n) is 3.64. The molecule has 3 nitrogen and oxygen atoms in total. The molecule has 1 amide bonds. The Morgan fingerprint density at radius 1 is 1.37 bits per heavy atom. The summed E-state index contributed by atoms with van der Waals surface area (Å²) >= 11 is 0. The Hall–Kier alpha value is -1.35. The zero-order valence-electron chi connectivity index (χ0n) is 12.1. The smallest absolute Gasteiger partial charge is 0.244 e. The van der Waals surface area contributed by atoms with Gasteiger partial charge in [0.2, 0.25) is 5.91 Å². The second-order valence-electron chi connectivity index (χ2n) is 5.49. The van der Waals surface area contributed by atoms with E-state index in [-0.39, 0.29) is 11.9 Å². The van der Waals surface area contributed by atoms with Crippen LogP contribution in [-0.4, -0.2) is 24.5 Å². The highest BCUT2D eigenvalue weighted by Crippen LogP contribution is 2.25. The average molecular weight is 260 g/mol. The van der Waals surface area contributed by atoms with Crippen molar-refractivity contribution in [3.63, 3.8) is 0 Å². The van der Waals surface area contributed by atoms with E-state index in [0.29, 0.717) is 6.04 Å². The zero-order chi connectivity index (χ0) is 13.8. The molecular weight excluding hydrogens is 236 g/mol. The van der Waals surface area contributed by atoms with Gasteiger partial charge in [-0.2, -0.15) is 0 Å². The van der Waals surface area contributed by atoms with Crippen molar-refractivity contribution >= 4 is 11.6 Å². The summed E-state index contributed by atoms with van der Waals surface area (Å²) in [6.07, 6.45) is 2.97. The lowest BCUT2D eigenvalue weighted by Crippen LogP contribution is -2.52. The van der Waals surface area contributed by atoms with E-state index in [2.05, 4.69) is 38.2 Å². The van der Waals surface area contributed by atoms with Crippen LogP contribution in [0.15, 0.2) is 24.3 Å². The van der Waals surface area contributed by atoms with Crippen LogP contribution in [0.5, 0.6) is 0 Å². The van der Waals surface area contributed by atoms with Gasteiger partial charge in [0.25, 0.3) is 0 Å². The molecule has 104 valence electrons. The van der Waals surface area contributed by atoms with Gasteiger partial charge < -0.3 is 10.2 Å². The number of amides is 1. The molecule has 19 heavy (non-hydrogen) atoms. The Labute approximate surface area is 116 Å². The first-order valence-electron chi connectivity index (χ1n) is 7.28. The minimum absolute atomic E-state index is 0.0290. The van der Waals surface area contributed by atoms with E-state index >= 15 is 0 Å². The van der Waals surface area contributed by atoms with Gasteiger partial charge in [0.05, 0.1) is 6.04 Å². The summed E-state index contributed by atoms with van der Waals surface area (Å²) in [6, 6.07) is 8.55. The van der Waals surface area contributed by atoms with Crippen LogP contribution in [0.25, 0.3) is 0 Å². The topological polar surface area (TPSA) is 32.3 Å². The van der Waals surface area contributed by atoms with Gasteiger partial charge >= 0.3 is 0 Å². The first kappa shape index (κ1) is 14.1. The molecule has 1 heterocycles. The fourth-order valence-corrected chi connectivity index (χ4v) is 2.74. The summed E-state index contributed by atoms with van der Waals surface area (Å²) in [6.45, 7) is 7.15. The number of carbonyl (C=O) groups excluding carboxylic acids is 1. The molecule has 1 aromatic rings. The van der Waals surface area contributed by atoms with E-state index in [0.717, 1.165) is 31.5 Å². The number of rotatable bonds is 4. The summed E-state index contributed by atoms with van der Waals surface area (Å²) in [5.74, 6) is 0.223. The molecule has 0 radical (unpaired) electrons. The maximum Gasteiger partial charge on any atom is 0.244 e. The lowest BCUT2D eigenvalue weighted by Gasteiger charge is -2.34. The predicted molar refractivity (Wildman–Crippen MR) is 79.5 cm³/mol. The van der Waals surface area contributed by atoms with Crippen LogP contribution in [0.2, 0.25) is 0 Å². The van der Waals surface area contributed by atoms with Crippen LogP contribution in [0.3, 0.4) is 0 Å². The molecule has 1 aliphatic heterocycles.